The van der Waals surface area contributed by atoms with Crippen molar-refractivity contribution in [1.29, 1.82) is 0 Å². The standard InChI is InChI=1S/C14H20O3/c1-13(14-6-4-3-5-7-14)12-17-11-10-16-9-8-15-2/h3-7,12H,8-11H2,1-2H3. The molecule has 0 aromatic heterocycles. The molecule has 0 radical (unpaired) electrons. The first-order chi connectivity index (χ1) is 8.34. The second-order valence-corrected chi connectivity index (χ2v) is 3.64. The smallest absolute Gasteiger partial charge is 0.111 e. The van der Waals surface area contributed by atoms with E-state index in [4.69, 9.17) is 14.2 Å². The van der Waals surface area contributed by atoms with E-state index in [-0.39, 0.29) is 0 Å². The van der Waals surface area contributed by atoms with Crippen LogP contribution in [-0.2, 0) is 14.2 Å². The quantitative estimate of drug-likeness (QED) is 0.513. The van der Waals surface area contributed by atoms with Gasteiger partial charge in [0.05, 0.1) is 26.1 Å². The molecule has 0 heterocycles. The minimum atomic E-state index is 0.563. The number of ether oxygens (including phenoxy) is 3. The number of hydrogen-bond acceptors (Lipinski definition) is 3. The lowest BCUT2D eigenvalue weighted by molar-refractivity contribution is 0.0465. The highest BCUT2D eigenvalue weighted by molar-refractivity contribution is 5.62. The molecule has 0 saturated carbocycles. The summed E-state index contributed by atoms with van der Waals surface area (Å²) in [7, 11) is 1.66. The molecule has 3 nitrogen and oxygen atoms in total. The number of allylic oxidation sites excluding steroid dienone is 1. The van der Waals surface area contributed by atoms with Crippen molar-refractivity contribution in [3.8, 4) is 0 Å². The topological polar surface area (TPSA) is 27.7 Å². The van der Waals surface area contributed by atoms with Crippen LogP contribution in [0.5, 0.6) is 0 Å². The molecule has 1 rings (SSSR count). The van der Waals surface area contributed by atoms with E-state index < -0.39 is 0 Å². The third-order valence-electron chi connectivity index (χ3n) is 2.27. The summed E-state index contributed by atoms with van der Waals surface area (Å²) >= 11 is 0. The van der Waals surface area contributed by atoms with E-state index in [0.29, 0.717) is 26.4 Å². The Hall–Kier alpha value is -1.32. The normalized spacial score (nSPS) is 11.5. The SMILES string of the molecule is COCCOCCOC=C(C)c1ccccc1. The van der Waals surface area contributed by atoms with Gasteiger partial charge >= 0.3 is 0 Å². The molecule has 1 aromatic carbocycles. The Morgan fingerprint density at radius 2 is 1.76 bits per heavy atom. The zero-order chi connectivity index (χ0) is 12.3. The Balaban J connectivity index is 2.16. The van der Waals surface area contributed by atoms with Crippen LogP contribution in [0.4, 0.5) is 0 Å². The number of hydrogen-bond donors (Lipinski definition) is 0. The van der Waals surface area contributed by atoms with Crippen LogP contribution < -0.4 is 0 Å². The van der Waals surface area contributed by atoms with Gasteiger partial charge in [-0.1, -0.05) is 30.3 Å². The van der Waals surface area contributed by atoms with Crippen molar-refractivity contribution in [1.82, 2.24) is 0 Å². The maximum atomic E-state index is 5.40. The van der Waals surface area contributed by atoms with E-state index in [1.165, 1.54) is 5.56 Å². The molecule has 94 valence electrons. The molecular weight excluding hydrogens is 216 g/mol. The van der Waals surface area contributed by atoms with Crippen LogP contribution in [0.1, 0.15) is 12.5 Å². The molecular formula is C14H20O3. The largest absolute Gasteiger partial charge is 0.498 e. The maximum Gasteiger partial charge on any atom is 0.111 e. The van der Waals surface area contributed by atoms with E-state index in [0.717, 1.165) is 5.57 Å². The molecule has 1 aromatic rings. The molecule has 0 spiro atoms. The van der Waals surface area contributed by atoms with E-state index in [2.05, 4.69) is 12.1 Å². The van der Waals surface area contributed by atoms with Crippen molar-refractivity contribution in [2.45, 2.75) is 6.92 Å². The highest BCUT2D eigenvalue weighted by atomic mass is 16.5. The van der Waals surface area contributed by atoms with Crippen molar-refractivity contribution in [3.05, 3.63) is 42.2 Å². The van der Waals surface area contributed by atoms with Crippen LogP contribution >= 0.6 is 0 Å². The molecule has 0 aliphatic carbocycles. The molecule has 0 N–H and O–H groups in total. The summed E-state index contributed by atoms with van der Waals surface area (Å²) in [5.41, 5.74) is 2.29. The average molecular weight is 236 g/mol. The highest BCUT2D eigenvalue weighted by Gasteiger charge is 1.93. The predicted octanol–water partition coefficient (Wildman–Crippen LogP) is 2.73. The van der Waals surface area contributed by atoms with E-state index in [1.807, 2.05) is 25.1 Å². The van der Waals surface area contributed by atoms with Gasteiger partial charge in [0.25, 0.3) is 0 Å². The molecule has 0 aliphatic rings. The maximum absolute atomic E-state index is 5.40. The summed E-state index contributed by atoms with van der Waals surface area (Å²) in [6.45, 7) is 4.41. The van der Waals surface area contributed by atoms with Gasteiger partial charge in [0.1, 0.15) is 6.61 Å². The molecule has 0 saturated heterocycles. The molecule has 0 aliphatic heterocycles. The van der Waals surface area contributed by atoms with Gasteiger partial charge in [0.2, 0.25) is 0 Å². The Labute approximate surface area is 103 Å². The summed E-state index contributed by atoms with van der Waals surface area (Å²) in [6.07, 6.45) is 1.77. The van der Waals surface area contributed by atoms with Gasteiger partial charge in [-0.15, -0.1) is 0 Å². The van der Waals surface area contributed by atoms with Crippen molar-refractivity contribution < 1.29 is 14.2 Å². The second kappa shape index (κ2) is 8.79. The zero-order valence-electron chi connectivity index (χ0n) is 10.5. The molecule has 0 amide bonds. The molecule has 0 bridgehead atoms. The molecule has 17 heavy (non-hydrogen) atoms. The first kappa shape index (κ1) is 13.7. The fourth-order valence-corrected chi connectivity index (χ4v) is 1.30. The average Bonchev–Trinajstić information content (AvgIpc) is 2.38. The fourth-order valence-electron chi connectivity index (χ4n) is 1.30. The lowest BCUT2D eigenvalue weighted by atomic mass is 10.1. The number of rotatable bonds is 8. The van der Waals surface area contributed by atoms with Crippen LogP contribution in [0.2, 0.25) is 0 Å². The van der Waals surface area contributed by atoms with Gasteiger partial charge < -0.3 is 14.2 Å². The van der Waals surface area contributed by atoms with Crippen LogP contribution in [0.3, 0.4) is 0 Å². The van der Waals surface area contributed by atoms with Gasteiger partial charge in [-0.05, 0) is 18.1 Å². The van der Waals surface area contributed by atoms with Crippen LogP contribution in [0, 0.1) is 0 Å². The number of methoxy groups -OCH3 is 1. The van der Waals surface area contributed by atoms with Gasteiger partial charge in [0, 0.05) is 7.11 Å². The van der Waals surface area contributed by atoms with E-state index in [9.17, 15) is 0 Å². The Kier molecular flexibility index (Phi) is 7.11. The minimum absolute atomic E-state index is 0.563. The summed E-state index contributed by atoms with van der Waals surface area (Å²) in [6, 6.07) is 10.1. The Morgan fingerprint density at radius 3 is 2.47 bits per heavy atom. The van der Waals surface area contributed by atoms with Crippen molar-refractivity contribution in [2.75, 3.05) is 33.5 Å². The first-order valence-electron chi connectivity index (χ1n) is 5.75. The van der Waals surface area contributed by atoms with Gasteiger partial charge in [0.15, 0.2) is 0 Å². The van der Waals surface area contributed by atoms with E-state index >= 15 is 0 Å². The molecule has 0 atom stereocenters. The van der Waals surface area contributed by atoms with E-state index in [1.54, 1.807) is 13.4 Å². The minimum Gasteiger partial charge on any atom is -0.498 e. The summed E-state index contributed by atoms with van der Waals surface area (Å²) in [5, 5.41) is 0. The zero-order valence-corrected chi connectivity index (χ0v) is 10.5. The number of benzene rings is 1. The summed E-state index contributed by atoms with van der Waals surface area (Å²) in [4.78, 5) is 0. The fraction of sp³-hybridized carbons (Fsp3) is 0.429. The van der Waals surface area contributed by atoms with Gasteiger partial charge in [-0.3, -0.25) is 0 Å². The van der Waals surface area contributed by atoms with Crippen LogP contribution in [-0.4, -0.2) is 33.5 Å². The highest BCUT2D eigenvalue weighted by Crippen LogP contribution is 2.12. The summed E-state index contributed by atoms with van der Waals surface area (Å²) in [5.74, 6) is 0. The molecule has 0 unspecified atom stereocenters. The van der Waals surface area contributed by atoms with Crippen molar-refractivity contribution >= 4 is 5.57 Å². The Bertz CT molecular complexity index is 319. The molecule has 0 fully saturated rings. The van der Waals surface area contributed by atoms with Gasteiger partial charge in [-0.2, -0.15) is 0 Å². The third-order valence-corrected chi connectivity index (χ3v) is 2.27. The lowest BCUT2D eigenvalue weighted by Gasteiger charge is -2.05. The Morgan fingerprint density at radius 1 is 1.06 bits per heavy atom. The third kappa shape index (κ3) is 6.09. The monoisotopic (exact) mass is 236 g/mol. The second-order valence-electron chi connectivity index (χ2n) is 3.64. The first-order valence-corrected chi connectivity index (χ1v) is 5.75. The lowest BCUT2D eigenvalue weighted by Crippen LogP contribution is -2.06. The van der Waals surface area contributed by atoms with Crippen molar-refractivity contribution in [2.24, 2.45) is 0 Å². The van der Waals surface area contributed by atoms with Crippen LogP contribution in [0.25, 0.3) is 5.57 Å². The predicted molar refractivity (Wildman–Crippen MR) is 68.7 cm³/mol. The van der Waals surface area contributed by atoms with Crippen molar-refractivity contribution in [3.63, 3.8) is 0 Å². The van der Waals surface area contributed by atoms with Gasteiger partial charge in [-0.25, -0.2) is 0 Å². The van der Waals surface area contributed by atoms with Crippen LogP contribution in [0.15, 0.2) is 36.6 Å². The summed E-state index contributed by atoms with van der Waals surface area (Å²) < 4.78 is 15.6. The molecule has 3 heteroatoms.